The summed E-state index contributed by atoms with van der Waals surface area (Å²) >= 11 is 0. The number of para-hydroxylation sites is 1. The van der Waals surface area contributed by atoms with E-state index in [4.69, 9.17) is 4.18 Å². The molecule has 0 radical (unpaired) electrons. The van der Waals surface area contributed by atoms with Crippen LogP contribution in [0.25, 0.3) is 0 Å². The van der Waals surface area contributed by atoms with Gasteiger partial charge in [0.25, 0.3) is 5.91 Å². The minimum absolute atomic E-state index is 0.118. The molecular weight excluding hydrogens is 502 g/mol. The third-order valence-electron chi connectivity index (χ3n) is 4.40. The third-order valence-corrected chi connectivity index (χ3v) is 5.72. The lowest BCUT2D eigenvalue weighted by Crippen LogP contribution is -2.22. The Bertz CT molecular complexity index is 1350. The quantitative estimate of drug-likeness (QED) is 0.210. The minimum atomic E-state index is -4.85. The summed E-state index contributed by atoms with van der Waals surface area (Å²) in [4.78, 5) is 11.5. The number of nitrogens with zero attached hydrogens (tertiary/aromatic N) is 1. The number of benzene rings is 3. The summed E-state index contributed by atoms with van der Waals surface area (Å²) in [5.74, 6) is -1.43. The first-order valence-corrected chi connectivity index (χ1v) is 10.9. The normalized spacial score (nSPS) is 12.5. The maximum absolute atomic E-state index is 13.2. The Hall–Kier alpha value is -3.87. The Morgan fingerprint density at radius 3 is 2.11 bits per heavy atom. The first kappa shape index (κ1) is 25.7. The van der Waals surface area contributed by atoms with Gasteiger partial charge in [-0.3, -0.25) is 4.79 Å². The molecular formula is C22H14F6N2O4S. The van der Waals surface area contributed by atoms with Gasteiger partial charge in [0, 0.05) is 5.56 Å². The monoisotopic (exact) mass is 516 g/mol. The van der Waals surface area contributed by atoms with Crippen LogP contribution in [0.4, 0.5) is 26.3 Å². The zero-order chi connectivity index (χ0) is 25.9. The molecule has 35 heavy (non-hydrogen) atoms. The molecule has 3 aromatic rings. The van der Waals surface area contributed by atoms with Gasteiger partial charge in [0.1, 0.15) is 10.6 Å². The van der Waals surface area contributed by atoms with E-state index in [1.54, 1.807) is 11.5 Å². The average molecular weight is 516 g/mol. The fraction of sp³-hybridized carbons (Fsp3) is 0.0909. The van der Waals surface area contributed by atoms with Crippen molar-refractivity contribution >= 4 is 22.2 Å². The molecule has 0 aliphatic carbocycles. The topological polar surface area (TPSA) is 84.8 Å². The summed E-state index contributed by atoms with van der Waals surface area (Å²) in [5, 5.41) is 3.37. The largest absolute Gasteiger partial charge is 0.417 e. The van der Waals surface area contributed by atoms with Crippen LogP contribution in [0.5, 0.6) is 5.75 Å². The van der Waals surface area contributed by atoms with E-state index >= 15 is 0 Å². The second-order valence-electron chi connectivity index (χ2n) is 6.84. The molecule has 0 aliphatic rings. The number of hydrazone groups is 1. The fourth-order valence-corrected chi connectivity index (χ4v) is 3.94. The Balaban J connectivity index is 1.95. The summed E-state index contributed by atoms with van der Waals surface area (Å²) in [6, 6.07) is 12.5. The van der Waals surface area contributed by atoms with Crippen LogP contribution in [0, 0.1) is 0 Å². The second-order valence-corrected chi connectivity index (χ2v) is 8.36. The van der Waals surface area contributed by atoms with Crippen LogP contribution in [0.2, 0.25) is 0 Å². The number of carbonyl (C=O) groups is 1. The van der Waals surface area contributed by atoms with E-state index in [0.29, 0.717) is 30.5 Å². The number of amides is 1. The number of rotatable bonds is 6. The molecule has 0 aliphatic heterocycles. The van der Waals surface area contributed by atoms with Crippen molar-refractivity contribution in [2.45, 2.75) is 17.2 Å². The predicted octanol–water partition coefficient (Wildman–Crippen LogP) is 5.26. The van der Waals surface area contributed by atoms with Gasteiger partial charge in [-0.05, 0) is 42.5 Å². The smallest absolute Gasteiger partial charge is 0.379 e. The van der Waals surface area contributed by atoms with Gasteiger partial charge in [-0.15, -0.1) is 0 Å². The molecule has 0 unspecified atom stereocenters. The van der Waals surface area contributed by atoms with E-state index in [2.05, 4.69) is 5.10 Å². The molecule has 3 aromatic carbocycles. The van der Waals surface area contributed by atoms with Crippen molar-refractivity contribution in [2.24, 2.45) is 5.10 Å². The molecule has 1 amide bonds. The molecule has 13 heteroatoms. The van der Waals surface area contributed by atoms with Crippen molar-refractivity contribution in [3.8, 4) is 5.75 Å². The van der Waals surface area contributed by atoms with E-state index in [1.165, 1.54) is 30.3 Å². The molecule has 0 spiro atoms. The Morgan fingerprint density at radius 1 is 0.857 bits per heavy atom. The van der Waals surface area contributed by atoms with Gasteiger partial charge < -0.3 is 4.18 Å². The highest BCUT2D eigenvalue weighted by Crippen LogP contribution is 2.33. The van der Waals surface area contributed by atoms with Crippen LogP contribution >= 0.6 is 0 Å². The Morgan fingerprint density at radius 2 is 1.49 bits per heavy atom. The van der Waals surface area contributed by atoms with E-state index in [9.17, 15) is 39.6 Å². The zero-order valence-corrected chi connectivity index (χ0v) is 18.1. The number of carbonyl (C=O) groups excluding carboxylic acids is 1. The van der Waals surface area contributed by atoms with E-state index in [-0.39, 0.29) is 5.75 Å². The number of hydrogen-bond donors (Lipinski definition) is 1. The Labute approximate surface area is 195 Å². The summed E-state index contributed by atoms with van der Waals surface area (Å²) in [6.45, 7) is 0. The van der Waals surface area contributed by atoms with Crippen LogP contribution in [-0.2, 0) is 22.5 Å². The van der Waals surface area contributed by atoms with Gasteiger partial charge in [0.05, 0.1) is 22.9 Å². The highest BCUT2D eigenvalue weighted by Gasteiger charge is 2.35. The van der Waals surface area contributed by atoms with Crippen LogP contribution in [0.1, 0.15) is 27.0 Å². The molecule has 0 heterocycles. The van der Waals surface area contributed by atoms with E-state index in [0.717, 1.165) is 12.1 Å². The first-order chi connectivity index (χ1) is 16.3. The standard InChI is InChI=1S/C22H14F6N2O4S/c23-21(24,25)15-10-11-19(35(32,33)34-16-6-2-1-3-7-16)14(12-15)13-29-30-20(31)17-8-4-5-9-18(17)22(26,27)28/h1-13H,(H,30,31). The summed E-state index contributed by atoms with van der Waals surface area (Å²) < 4.78 is 109. The third kappa shape index (κ3) is 6.38. The zero-order valence-electron chi connectivity index (χ0n) is 17.3. The number of halogens is 6. The fourth-order valence-electron chi connectivity index (χ4n) is 2.85. The lowest BCUT2D eigenvalue weighted by Gasteiger charge is -2.13. The molecule has 0 aromatic heterocycles. The highest BCUT2D eigenvalue weighted by molar-refractivity contribution is 7.87. The summed E-state index contributed by atoms with van der Waals surface area (Å²) in [7, 11) is -4.66. The van der Waals surface area contributed by atoms with E-state index < -0.39 is 55.5 Å². The van der Waals surface area contributed by atoms with Crippen molar-refractivity contribution in [3.63, 3.8) is 0 Å². The first-order valence-electron chi connectivity index (χ1n) is 9.49. The minimum Gasteiger partial charge on any atom is -0.379 e. The van der Waals surface area contributed by atoms with E-state index in [1.807, 2.05) is 0 Å². The molecule has 184 valence electrons. The van der Waals surface area contributed by atoms with Crippen LogP contribution < -0.4 is 9.61 Å². The molecule has 0 saturated heterocycles. The van der Waals surface area contributed by atoms with Crippen LogP contribution in [0.3, 0.4) is 0 Å². The lowest BCUT2D eigenvalue weighted by atomic mass is 10.1. The van der Waals surface area contributed by atoms with Crippen LogP contribution in [0.15, 0.2) is 82.8 Å². The molecule has 1 N–H and O–H groups in total. The molecule has 0 atom stereocenters. The molecule has 0 saturated carbocycles. The van der Waals surface area contributed by atoms with Crippen molar-refractivity contribution in [1.82, 2.24) is 5.43 Å². The van der Waals surface area contributed by atoms with Crippen molar-refractivity contribution in [2.75, 3.05) is 0 Å². The molecule has 6 nitrogen and oxygen atoms in total. The van der Waals surface area contributed by atoms with Gasteiger partial charge in [-0.25, -0.2) is 5.43 Å². The van der Waals surface area contributed by atoms with Crippen molar-refractivity contribution < 1.29 is 43.7 Å². The Kier molecular flexibility index (Phi) is 7.19. The second kappa shape index (κ2) is 9.78. The average Bonchev–Trinajstić information content (AvgIpc) is 2.78. The van der Waals surface area contributed by atoms with Gasteiger partial charge in [-0.1, -0.05) is 30.3 Å². The summed E-state index contributed by atoms with van der Waals surface area (Å²) in [6.07, 6.45) is -9.14. The molecule has 3 rings (SSSR count). The highest BCUT2D eigenvalue weighted by atomic mass is 32.2. The molecule has 0 fully saturated rings. The van der Waals surface area contributed by atoms with Crippen molar-refractivity contribution in [1.29, 1.82) is 0 Å². The lowest BCUT2D eigenvalue weighted by molar-refractivity contribution is -0.138. The SMILES string of the molecule is O=C(NN=Cc1cc(C(F)(F)F)ccc1S(=O)(=O)Oc1ccccc1)c1ccccc1C(F)(F)F. The van der Waals surface area contributed by atoms with Gasteiger partial charge in [0.2, 0.25) is 0 Å². The van der Waals surface area contributed by atoms with Crippen molar-refractivity contribution in [3.05, 3.63) is 95.1 Å². The molecule has 0 bridgehead atoms. The number of alkyl halides is 6. The van der Waals surface area contributed by atoms with Gasteiger partial charge in [0.15, 0.2) is 0 Å². The van der Waals surface area contributed by atoms with Gasteiger partial charge >= 0.3 is 22.5 Å². The number of hydrogen-bond acceptors (Lipinski definition) is 5. The maximum atomic E-state index is 13.2. The maximum Gasteiger partial charge on any atom is 0.417 e. The predicted molar refractivity (Wildman–Crippen MR) is 112 cm³/mol. The number of nitrogens with one attached hydrogen (secondary N) is 1. The van der Waals surface area contributed by atoms with Gasteiger partial charge in [-0.2, -0.15) is 39.9 Å². The van der Waals surface area contributed by atoms with Crippen LogP contribution in [-0.4, -0.2) is 20.5 Å². The summed E-state index contributed by atoms with van der Waals surface area (Å²) in [5.41, 5.74) is -2.14.